The molecule has 0 unspecified atom stereocenters. The Balaban J connectivity index is 1.63. The standard InChI is InChI=1S/C19H19FN2O3/c1-25-19(24)14-6-8-15(9-7-14)21-10-12-22(13-11-21)18(23)16-4-2-3-5-17(16)20/h2-9H,10-13H2,1H3. The molecule has 130 valence electrons. The maximum atomic E-state index is 13.8. The van der Waals surface area contributed by atoms with Gasteiger partial charge in [0.05, 0.1) is 18.2 Å². The van der Waals surface area contributed by atoms with Crippen molar-refractivity contribution in [2.45, 2.75) is 0 Å². The predicted molar refractivity (Wildman–Crippen MR) is 92.3 cm³/mol. The monoisotopic (exact) mass is 342 g/mol. The van der Waals surface area contributed by atoms with E-state index in [2.05, 4.69) is 9.64 Å². The molecule has 1 fully saturated rings. The summed E-state index contributed by atoms with van der Waals surface area (Å²) < 4.78 is 18.5. The largest absolute Gasteiger partial charge is 0.465 e. The quantitative estimate of drug-likeness (QED) is 0.805. The molecular weight excluding hydrogens is 323 g/mol. The molecule has 2 aromatic carbocycles. The number of ether oxygens (including phenoxy) is 1. The van der Waals surface area contributed by atoms with Crippen LogP contribution in [0.15, 0.2) is 48.5 Å². The van der Waals surface area contributed by atoms with E-state index in [-0.39, 0.29) is 17.4 Å². The molecule has 1 heterocycles. The summed E-state index contributed by atoms with van der Waals surface area (Å²) in [7, 11) is 1.35. The molecule has 0 saturated carbocycles. The second-order valence-electron chi connectivity index (χ2n) is 5.80. The summed E-state index contributed by atoms with van der Waals surface area (Å²) in [5, 5.41) is 0. The van der Waals surface area contributed by atoms with Crippen molar-refractivity contribution in [1.82, 2.24) is 4.90 Å². The summed E-state index contributed by atoms with van der Waals surface area (Å²) in [4.78, 5) is 27.7. The average Bonchev–Trinajstić information content (AvgIpc) is 2.67. The van der Waals surface area contributed by atoms with Gasteiger partial charge < -0.3 is 14.5 Å². The third kappa shape index (κ3) is 3.63. The number of nitrogens with zero attached hydrogens (tertiary/aromatic N) is 2. The van der Waals surface area contributed by atoms with Crippen molar-refractivity contribution < 1.29 is 18.7 Å². The van der Waals surface area contributed by atoms with E-state index in [0.717, 1.165) is 5.69 Å². The van der Waals surface area contributed by atoms with Crippen LogP contribution in [0.25, 0.3) is 0 Å². The molecule has 6 heteroatoms. The number of benzene rings is 2. The smallest absolute Gasteiger partial charge is 0.337 e. The van der Waals surface area contributed by atoms with Crippen LogP contribution in [0.5, 0.6) is 0 Å². The zero-order valence-corrected chi connectivity index (χ0v) is 13.9. The van der Waals surface area contributed by atoms with Gasteiger partial charge >= 0.3 is 5.97 Å². The first-order valence-electron chi connectivity index (χ1n) is 8.07. The van der Waals surface area contributed by atoms with Crippen LogP contribution in [0.4, 0.5) is 10.1 Å². The number of carbonyl (C=O) groups excluding carboxylic acids is 2. The lowest BCUT2D eigenvalue weighted by atomic mass is 10.1. The highest BCUT2D eigenvalue weighted by Crippen LogP contribution is 2.19. The van der Waals surface area contributed by atoms with Crippen LogP contribution >= 0.6 is 0 Å². The van der Waals surface area contributed by atoms with E-state index in [1.807, 2.05) is 12.1 Å². The molecule has 1 amide bonds. The predicted octanol–water partition coefficient (Wildman–Crippen LogP) is 2.57. The number of methoxy groups -OCH3 is 1. The normalized spacial score (nSPS) is 14.3. The summed E-state index contributed by atoms with van der Waals surface area (Å²) in [5.74, 6) is -1.14. The second-order valence-corrected chi connectivity index (χ2v) is 5.80. The molecule has 3 rings (SSSR count). The number of hydrogen-bond acceptors (Lipinski definition) is 4. The van der Waals surface area contributed by atoms with Gasteiger partial charge in [0, 0.05) is 31.9 Å². The topological polar surface area (TPSA) is 49.9 Å². The van der Waals surface area contributed by atoms with Crippen molar-refractivity contribution in [3.63, 3.8) is 0 Å². The van der Waals surface area contributed by atoms with Crippen LogP contribution in [-0.2, 0) is 4.74 Å². The van der Waals surface area contributed by atoms with Crippen molar-refractivity contribution in [1.29, 1.82) is 0 Å². The number of halogens is 1. The van der Waals surface area contributed by atoms with E-state index < -0.39 is 5.82 Å². The van der Waals surface area contributed by atoms with Gasteiger partial charge in [-0.25, -0.2) is 9.18 Å². The van der Waals surface area contributed by atoms with Gasteiger partial charge in [-0.2, -0.15) is 0 Å². The Labute approximate surface area is 145 Å². The van der Waals surface area contributed by atoms with Gasteiger partial charge in [0.2, 0.25) is 0 Å². The minimum absolute atomic E-state index is 0.110. The highest BCUT2D eigenvalue weighted by Gasteiger charge is 2.24. The number of carbonyl (C=O) groups is 2. The fourth-order valence-electron chi connectivity index (χ4n) is 2.90. The Morgan fingerprint density at radius 1 is 0.960 bits per heavy atom. The van der Waals surface area contributed by atoms with E-state index >= 15 is 0 Å². The number of hydrogen-bond donors (Lipinski definition) is 0. The zero-order valence-electron chi connectivity index (χ0n) is 13.9. The number of rotatable bonds is 3. The Morgan fingerprint density at radius 2 is 1.60 bits per heavy atom. The lowest BCUT2D eigenvalue weighted by molar-refractivity contribution is 0.0600. The van der Waals surface area contributed by atoms with Gasteiger partial charge in [0.1, 0.15) is 5.82 Å². The molecule has 1 aliphatic heterocycles. The fourth-order valence-corrected chi connectivity index (χ4v) is 2.90. The van der Waals surface area contributed by atoms with Crippen molar-refractivity contribution in [2.75, 3.05) is 38.2 Å². The van der Waals surface area contributed by atoms with Gasteiger partial charge in [-0.05, 0) is 36.4 Å². The molecule has 0 spiro atoms. The number of anilines is 1. The molecule has 5 nitrogen and oxygen atoms in total. The summed E-state index contributed by atoms with van der Waals surface area (Å²) >= 11 is 0. The highest BCUT2D eigenvalue weighted by molar-refractivity contribution is 5.94. The first-order chi connectivity index (χ1) is 12.1. The van der Waals surface area contributed by atoms with E-state index in [9.17, 15) is 14.0 Å². The Hall–Kier alpha value is -2.89. The molecular formula is C19H19FN2O3. The van der Waals surface area contributed by atoms with Gasteiger partial charge in [0.25, 0.3) is 5.91 Å². The van der Waals surface area contributed by atoms with E-state index in [0.29, 0.717) is 31.7 Å². The molecule has 0 aliphatic carbocycles. The Kier molecular flexibility index (Phi) is 4.97. The van der Waals surface area contributed by atoms with Crippen LogP contribution in [0.3, 0.4) is 0 Å². The van der Waals surface area contributed by atoms with E-state index in [4.69, 9.17) is 0 Å². The maximum Gasteiger partial charge on any atom is 0.337 e. The zero-order chi connectivity index (χ0) is 17.8. The molecule has 1 saturated heterocycles. The molecule has 0 bridgehead atoms. The molecule has 2 aromatic rings. The first-order valence-corrected chi connectivity index (χ1v) is 8.07. The molecule has 0 radical (unpaired) electrons. The van der Waals surface area contributed by atoms with E-state index in [1.165, 1.54) is 19.2 Å². The fraction of sp³-hybridized carbons (Fsp3) is 0.263. The molecule has 25 heavy (non-hydrogen) atoms. The van der Waals surface area contributed by atoms with Crippen molar-refractivity contribution in [3.8, 4) is 0 Å². The lowest BCUT2D eigenvalue weighted by Gasteiger charge is -2.36. The molecule has 0 N–H and O–H groups in total. The molecule has 0 atom stereocenters. The third-order valence-electron chi connectivity index (χ3n) is 4.32. The van der Waals surface area contributed by atoms with Gasteiger partial charge in [-0.1, -0.05) is 12.1 Å². The maximum absolute atomic E-state index is 13.8. The van der Waals surface area contributed by atoms with Crippen LogP contribution in [0.2, 0.25) is 0 Å². The number of piperazine rings is 1. The van der Waals surface area contributed by atoms with Crippen molar-refractivity contribution >= 4 is 17.6 Å². The Bertz CT molecular complexity index is 768. The van der Waals surface area contributed by atoms with Crippen LogP contribution in [-0.4, -0.2) is 50.1 Å². The minimum Gasteiger partial charge on any atom is -0.465 e. The summed E-state index contributed by atoms with van der Waals surface area (Å²) in [5.41, 5.74) is 1.59. The number of amides is 1. The van der Waals surface area contributed by atoms with Crippen LogP contribution in [0, 0.1) is 5.82 Å². The molecule has 0 aromatic heterocycles. The average molecular weight is 342 g/mol. The summed E-state index contributed by atoms with van der Waals surface area (Å²) in [6.07, 6.45) is 0. The van der Waals surface area contributed by atoms with Crippen LogP contribution in [0.1, 0.15) is 20.7 Å². The van der Waals surface area contributed by atoms with Gasteiger partial charge in [-0.3, -0.25) is 4.79 Å². The minimum atomic E-state index is -0.492. The summed E-state index contributed by atoms with van der Waals surface area (Å²) in [6, 6.07) is 13.2. The lowest BCUT2D eigenvalue weighted by Crippen LogP contribution is -2.49. The van der Waals surface area contributed by atoms with Crippen molar-refractivity contribution in [3.05, 3.63) is 65.5 Å². The third-order valence-corrected chi connectivity index (χ3v) is 4.32. The number of esters is 1. The van der Waals surface area contributed by atoms with E-state index in [1.54, 1.807) is 29.2 Å². The van der Waals surface area contributed by atoms with Gasteiger partial charge in [0.15, 0.2) is 0 Å². The second kappa shape index (κ2) is 7.34. The van der Waals surface area contributed by atoms with Crippen LogP contribution < -0.4 is 4.90 Å². The van der Waals surface area contributed by atoms with Gasteiger partial charge in [-0.15, -0.1) is 0 Å². The highest BCUT2D eigenvalue weighted by atomic mass is 19.1. The Morgan fingerprint density at radius 3 is 2.20 bits per heavy atom. The van der Waals surface area contributed by atoms with Crippen molar-refractivity contribution in [2.24, 2.45) is 0 Å². The summed E-state index contributed by atoms with van der Waals surface area (Å²) in [6.45, 7) is 2.34. The SMILES string of the molecule is COC(=O)c1ccc(N2CCN(C(=O)c3ccccc3F)CC2)cc1. The molecule has 1 aliphatic rings. The first kappa shape index (κ1) is 17.0.